The third kappa shape index (κ3) is 4.46. The smallest absolute Gasteiger partial charge is 0.274 e. The van der Waals surface area contributed by atoms with Crippen LogP contribution in [0.3, 0.4) is 0 Å². The molecular weight excluding hydrogens is 382 g/mol. The summed E-state index contributed by atoms with van der Waals surface area (Å²) >= 11 is 1.45. The number of nitro benzene ring substituents is 1. The van der Waals surface area contributed by atoms with E-state index in [1.807, 2.05) is 31.2 Å². The summed E-state index contributed by atoms with van der Waals surface area (Å²) in [6, 6.07) is 10.5. The highest BCUT2D eigenvalue weighted by atomic mass is 32.2. The van der Waals surface area contributed by atoms with Crippen molar-refractivity contribution in [2.24, 2.45) is 5.10 Å². The number of phenols is 1. The fraction of sp³-hybridized carbons (Fsp3) is 0.167. The van der Waals surface area contributed by atoms with Gasteiger partial charge in [0.1, 0.15) is 6.33 Å². The quantitative estimate of drug-likeness (QED) is 0.280. The van der Waals surface area contributed by atoms with E-state index in [2.05, 4.69) is 15.3 Å². The molecule has 0 saturated heterocycles. The minimum atomic E-state index is -0.569. The highest BCUT2D eigenvalue weighted by molar-refractivity contribution is 7.98. The number of aryl methyl sites for hydroxylation is 1. The molecule has 1 heterocycles. The molecular formula is C18H17N5O4S. The van der Waals surface area contributed by atoms with Gasteiger partial charge in [0.25, 0.3) is 5.69 Å². The number of aromatic hydroxyl groups is 1. The Morgan fingerprint density at radius 1 is 1.36 bits per heavy atom. The van der Waals surface area contributed by atoms with E-state index >= 15 is 0 Å². The largest absolute Gasteiger partial charge is 0.504 e. The second-order valence-electron chi connectivity index (χ2n) is 5.82. The van der Waals surface area contributed by atoms with Crippen molar-refractivity contribution in [3.05, 3.63) is 69.5 Å². The first kappa shape index (κ1) is 19.4. The molecule has 0 spiro atoms. The van der Waals surface area contributed by atoms with Gasteiger partial charge >= 0.3 is 0 Å². The zero-order chi connectivity index (χ0) is 20.1. The van der Waals surface area contributed by atoms with Crippen molar-refractivity contribution in [1.29, 1.82) is 0 Å². The number of ether oxygens (including phenoxy) is 1. The molecule has 0 atom stereocenters. The molecule has 0 unspecified atom stereocenters. The highest BCUT2D eigenvalue weighted by Crippen LogP contribution is 2.33. The van der Waals surface area contributed by atoms with Gasteiger partial charge in [-0.05, 0) is 12.5 Å². The van der Waals surface area contributed by atoms with Crippen molar-refractivity contribution in [2.75, 3.05) is 7.11 Å². The van der Waals surface area contributed by atoms with Gasteiger partial charge in [-0.3, -0.25) is 10.1 Å². The monoisotopic (exact) mass is 399 g/mol. The first-order valence-corrected chi connectivity index (χ1v) is 9.14. The molecule has 3 rings (SSSR count). The summed E-state index contributed by atoms with van der Waals surface area (Å²) in [5.74, 6) is 0.442. The molecule has 0 radical (unpaired) electrons. The van der Waals surface area contributed by atoms with Crippen molar-refractivity contribution in [3.8, 4) is 11.5 Å². The molecule has 28 heavy (non-hydrogen) atoms. The van der Waals surface area contributed by atoms with Gasteiger partial charge in [0, 0.05) is 17.4 Å². The number of benzene rings is 2. The van der Waals surface area contributed by atoms with Crippen LogP contribution in [0.4, 0.5) is 5.69 Å². The number of nitrogens with zero attached hydrogens (tertiary/aromatic N) is 5. The summed E-state index contributed by atoms with van der Waals surface area (Å²) in [6.45, 7) is 2.03. The SMILES string of the molecule is COc1cc([N+](=O)[O-])cc(/C=N\n2cnnc2SCc2ccc(C)cc2)c1O. The van der Waals surface area contributed by atoms with E-state index in [0.717, 1.165) is 11.6 Å². The molecule has 0 saturated carbocycles. The lowest BCUT2D eigenvalue weighted by molar-refractivity contribution is -0.385. The van der Waals surface area contributed by atoms with Crippen molar-refractivity contribution in [3.63, 3.8) is 0 Å². The van der Waals surface area contributed by atoms with Gasteiger partial charge in [-0.15, -0.1) is 10.2 Å². The number of hydrogen-bond acceptors (Lipinski definition) is 8. The first-order valence-electron chi connectivity index (χ1n) is 8.16. The summed E-state index contributed by atoms with van der Waals surface area (Å²) in [7, 11) is 1.32. The van der Waals surface area contributed by atoms with Crippen molar-refractivity contribution in [1.82, 2.24) is 14.9 Å². The van der Waals surface area contributed by atoms with Crippen LogP contribution in [0.25, 0.3) is 0 Å². The summed E-state index contributed by atoms with van der Waals surface area (Å²) in [4.78, 5) is 10.5. The molecule has 1 aromatic heterocycles. The third-order valence-corrected chi connectivity index (χ3v) is 4.83. The Hall–Kier alpha value is -3.40. The topological polar surface area (TPSA) is 116 Å². The van der Waals surface area contributed by atoms with Crippen LogP contribution < -0.4 is 4.74 Å². The molecule has 1 N–H and O–H groups in total. The maximum atomic E-state index is 11.1. The normalized spacial score (nSPS) is 11.1. The van der Waals surface area contributed by atoms with E-state index in [0.29, 0.717) is 10.9 Å². The third-order valence-electron chi connectivity index (χ3n) is 3.83. The molecule has 0 amide bonds. The van der Waals surface area contributed by atoms with Crippen LogP contribution in [-0.4, -0.2) is 38.2 Å². The van der Waals surface area contributed by atoms with Gasteiger partial charge in [0.2, 0.25) is 5.16 Å². The Bertz CT molecular complexity index is 1020. The zero-order valence-electron chi connectivity index (χ0n) is 15.1. The summed E-state index contributed by atoms with van der Waals surface area (Å²) in [6.07, 6.45) is 2.71. The van der Waals surface area contributed by atoms with Gasteiger partial charge in [0.05, 0.1) is 24.3 Å². The highest BCUT2D eigenvalue weighted by Gasteiger charge is 2.16. The van der Waals surface area contributed by atoms with Crippen LogP contribution in [0, 0.1) is 17.0 Å². The van der Waals surface area contributed by atoms with E-state index in [9.17, 15) is 15.2 Å². The van der Waals surface area contributed by atoms with E-state index in [4.69, 9.17) is 4.74 Å². The summed E-state index contributed by atoms with van der Waals surface area (Å²) in [5.41, 5.74) is 2.26. The molecule has 9 nitrogen and oxygen atoms in total. The maximum Gasteiger partial charge on any atom is 0.274 e. The van der Waals surface area contributed by atoms with Crippen LogP contribution in [0.1, 0.15) is 16.7 Å². The Balaban J connectivity index is 1.80. The Labute approximate surface area is 164 Å². The predicted octanol–water partition coefficient (Wildman–Crippen LogP) is 3.38. The Morgan fingerprint density at radius 2 is 2.11 bits per heavy atom. The molecule has 3 aromatic rings. The summed E-state index contributed by atoms with van der Waals surface area (Å²) < 4.78 is 6.42. The van der Waals surface area contributed by atoms with Crippen LogP contribution in [0.2, 0.25) is 0 Å². The second kappa shape index (κ2) is 8.53. The van der Waals surface area contributed by atoms with E-state index in [1.54, 1.807) is 0 Å². The average molecular weight is 399 g/mol. The zero-order valence-corrected chi connectivity index (χ0v) is 16.0. The molecule has 10 heteroatoms. The second-order valence-corrected chi connectivity index (χ2v) is 6.76. The first-order chi connectivity index (χ1) is 13.5. The van der Waals surface area contributed by atoms with Gasteiger partial charge < -0.3 is 9.84 Å². The van der Waals surface area contributed by atoms with Gasteiger partial charge in [0.15, 0.2) is 11.5 Å². The number of phenolic OH excluding ortho intramolecular Hbond substituents is 1. The number of aromatic nitrogens is 3. The van der Waals surface area contributed by atoms with E-state index in [1.165, 1.54) is 47.7 Å². The van der Waals surface area contributed by atoms with Crippen molar-refractivity contribution < 1.29 is 14.8 Å². The lowest BCUT2D eigenvalue weighted by Crippen LogP contribution is -1.96. The van der Waals surface area contributed by atoms with Crippen LogP contribution in [-0.2, 0) is 5.75 Å². The molecule has 144 valence electrons. The standard InChI is InChI=1S/C18H17N5O4S/c1-12-3-5-13(6-4-12)10-28-18-21-19-11-22(18)20-9-14-7-15(23(25)26)8-16(27-2)17(14)24/h3-9,11,24H,10H2,1-2H3/b20-9-. The van der Waals surface area contributed by atoms with E-state index < -0.39 is 4.92 Å². The van der Waals surface area contributed by atoms with Gasteiger partial charge in [-0.1, -0.05) is 41.6 Å². The lowest BCUT2D eigenvalue weighted by Gasteiger charge is -2.06. The fourth-order valence-corrected chi connectivity index (χ4v) is 3.14. The Kier molecular flexibility index (Phi) is 5.90. The number of non-ortho nitro benzene ring substituents is 1. The number of thioether (sulfide) groups is 1. The number of nitro groups is 1. The summed E-state index contributed by atoms with van der Waals surface area (Å²) in [5, 5.41) is 33.9. The average Bonchev–Trinajstić information content (AvgIpc) is 3.14. The maximum absolute atomic E-state index is 11.1. The minimum Gasteiger partial charge on any atom is -0.504 e. The molecule has 0 fully saturated rings. The van der Waals surface area contributed by atoms with E-state index in [-0.39, 0.29) is 22.7 Å². The van der Waals surface area contributed by atoms with Crippen molar-refractivity contribution in [2.45, 2.75) is 17.8 Å². The molecule has 0 aliphatic heterocycles. The predicted molar refractivity (Wildman–Crippen MR) is 105 cm³/mol. The lowest BCUT2D eigenvalue weighted by atomic mass is 10.2. The number of hydrogen-bond donors (Lipinski definition) is 1. The number of rotatable bonds is 7. The van der Waals surface area contributed by atoms with Crippen LogP contribution >= 0.6 is 11.8 Å². The van der Waals surface area contributed by atoms with Crippen LogP contribution in [0.5, 0.6) is 11.5 Å². The van der Waals surface area contributed by atoms with Crippen molar-refractivity contribution >= 4 is 23.7 Å². The van der Waals surface area contributed by atoms with Crippen LogP contribution in [0.15, 0.2) is 53.0 Å². The Morgan fingerprint density at radius 3 is 2.79 bits per heavy atom. The minimum absolute atomic E-state index is 0.00613. The molecule has 2 aromatic carbocycles. The molecule has 0 bridgehead atoms. The number of methoxy groups -OCH3 is 1. The van der Waals surface area contributed by atoms with Gasteiger partial charge in [-0.25, -0.2) is 0 Å². The fourth-order valence-electron chi connectivity index (χ4n) is 2.32. The molecule has 0 aliphatic carbocycles. The van der Waals surface area contributed by atoms with Gasteiger partial charge in [-0.2, -0.15) is 9.78 Å². The molecule has 0 aliphatic rings.